The summed E-state index contributed by atoms with van der Waals surface area (Å²) < 4.78 is 10.8. The molecule has 1 unspecified atom stereocenters. The molecule has 19 heavy (non-hydrogen) atoms. The Kier molecular flexibility index (Phi) is 8.02. The van der Waals surface area contributed by atoms with E-state index >= 15 is 0 Å². The summed E-state index contributed by atoms with van der Waals surface area (Å²) in [4.78, 5) is 13.9. The predicted octanol–water partition coefficient (Wildman–Crippen LogP) is 1.02. The molecule has 1 rings (SSSR count). The third-order valence-electron chi connectivity index (χ3n) is 3.46. The number of piperidine rings is 1. The van der Waals surface area contributed by atoms with Crippen molar-refractivity contribution in [3.05, 3.63) is 0 Å². The average Bonchev–Trinajstić information content (AvgIpc) is 2.41. The van der Waals surface area contributed by atoms with Crippen molar-refractivity contribution in [2.75, 3.05) is 39.4 Å². The summed E-state index contributed by atoms with van der Waals surface area (Å²) in [5, 5.41) is 0. The van der Waals surface area contributed by atoms with E-state index in [4.69, 9.17) is 15.2 Å². The van der Waals surface area contributed by atoms with Crippen LogP contribution in [0.15, 0.2) is 0 Å². The van der Waals surface area contributed by atoms with Gasteiger partial charge in [-0.15, -0.1) is 0 Å². The third-order valence-corrected chi connectivity index (χ3v) is 3.46. The molecule has 2 N–H and O–H groups in total. The van der Waals surface area contributed by atoms with Gasteiger partial charge in [0.1, 0.15) is 0 Å². The molecule has 0 aromatic carbocycles. The van der Waals surface area contributed by atoms with Crippen LogP contribution in [0.1, 0.15) is 33.1 Å². The number of hydrogen-bond donors (Lipinski definition) is 1. The Morgan fingerprint density at radius 3 is 2.68 bits per heavy atom. The number of carbonyl (C=O) groups is 1. The van der Waals surface area contributed by atoms with Gasteiger partial charge in [0.15, 0.2) is 0 Å². The van der Waals surface area contributed by atoms with Crippen molar-refractivity contribution in [1.82, 2.24) is 4.90 Å². The minimum Gasteiger partial charge on any atom is -0.466 e. The van der Waals surface area contributed by atoms with E-state index in [9.17, 15) is 4.79 Å². The smallest absolute Gasteiger partial charge is 0.309 e. The highest BCUT2D eigenvalue weighted by Gasteiger charge is 2.23. The maximum atomic E-state index is 11.6. The Balaban J connectivity index is 2.17. The second-order valence-electron chi connectivity index (χ2n) is 5.17. The van der Waals surface area contributed by atoms with Crippen molar-refractivity contribution in [1.29, 1.82) is 0 Å². The van der Waals surface area contributed by atoms with Crippen molar-refractivity contribution >= 4 is 5.97 Å². The molecule has 0 spiro atoms. The molecule has 0 aromatic heterocycles. The second-order valence-corrected chi connectivity index (χ2v) is 5.17. The summed E-state index contributed by atoms with van der Waals surface area (Å²) >= 11 is 0. The molecule has 1 aliphatic rings. The van der Waals surface area contributed by atoms with E-state index in [0.29, 0.717) is 19.3 Å². The van der Waals surface area contributed by atoms with Gasteiger partial charge < -0.3 is 20.1 Å². The van der Waals surface area contributed by atoms with Gasteiger partial charge >= 0.3 is 5.97 Å². The van der Waals surface area contributed by atoms with Crippen LogP contribution in [-0.4, -0.2) is 56.4 Å². The first-order valence-corrected chi connectivity index (χ1v) is 7.38. The number of carbonyl (C=O) groups excluding carboxylic acids is 1. The van der Waals surface area contributed by atoms with E-state index in [1.807, 2.05) is 13.8 Å². The SMILES string of the molecule is CCOC(=O)C(C)CN1CCC(OCCCN)CC1. The van der Waals surface area contributed by atoms with Crippen LogP contribution in [0.3, 0.4) is 0 Å². The lowest BCUT2D eigenvalue weighted by Crippen LogP contribution is -2.41. The molecule has 1 aliphatic heterocycles. The Morgan fingerprint density at radius 1 is 1.42 bits per heavy atom. The van der Waals surface area contributed by atoms with Crippen molar-refractivity contribution in [2.45, 2.75) is 39.2 Å². The van der Waals surface area contributed by atoms with Gasteiger partial charge in [-0.3, -0.25) is 4.79 Å². The van der Waals surface area contributed by atoms with E-state index in [2.05, 4.69) is 4.90 Å². The van der Waals surface area contributed by atoms with Gasteiger partial charge in [0.2, 0.25) is 0 Å². The van der Waals surface area contributed by atoms with Crippen LogP contribution in [0.4, 0.5) is 0 Å². The molecule has 0 aromatic rings. The van der Waals surface area contributed by atoms with E-state index in [1.54, 1.807) is 0 Å². The van der Waals surface area contributed by atoms with Gasteiger partial charge in [0.25, 0.3) is 0 Å². The first kappa shape index (κ1) is 16.4. The molecule has 0 aliphatic carbocycles. The number of rotatable bonds is 8. The molecule has 1 heterocycles. The molecular weight excluding hydrogens is 244 g/mol. The van der Waals surface area contributed by atoms with Crippen LogP contribution in [-0.2, 0) is 14.3 Å². The van der Waals surface area contributed by atoms with Crippen molar-refractivity contribution in [2.24, 2.45) is 11.7 Å². The molecule has 0 saturated carbocycles. The molecule has 1 saturated heterocycles. The van der Waals surface area contributed by atoms with E-state index in [-0.39, 0.29) is 11.9 Å². The van der Waals surface area contributed by atoms with Gasteiger partial charge in [0, 0.05) is 26.2 Å². The van der Waals surface area contributed by atoms with Gasteiger partial charge in [-0.25, -0.2) is 0 Å². The molecule has 1 atom stereocenters. The fourth-order valence-corrected chi connectivity index (χ4v) is 2.34. The Labute approximate surface area is 116 Å². The lowest BCUT2D eigenvalue weighted by molar-refractivity contribution is -0.148. The summed E-state index contributed by atoms with van der Waals surface area (Å²) in [7, 11) is 0. The number of likely N-dealkylation sites (tertiary alicyclic amines) is 1. The summed E-state index contributed by atoms with van der Waals surface area (Å²) in [5.41, 5.74) is 5.44. The molecule has 5 heteroatoms. The highest BCUT2D eigenvalue weighted by molar-refractivity contribution is 5.72. The Hall–Kier alpha value is -0.650. The van der Waals surface area contributed by atoms with Gasteiger partial charge in [-0.2, -0.15) is 0 Å². The molecule has 0 amide bonds. The number of esters is 1. The summed E-state index contributed by atoms with van der Waals surface area (Å²) in [6, 6.07) is 0. The fraction of sp³-hybridized carbons (Fsp3) is 0.929. The summed E-state index contributed by atoms with van der Waals surface area (Å²) in [6.45, 7) is 8.47. The highest BCUT2D eigenvalue weighted by atomic mass is 16.5. The van der Waals surface area contributed by atoms with Crippen LogP contribution in [0.25, 0.3) is 0 Å². The Morgan fingerprint density at radius 2 is 2.11 bits per heavy atom. The molecule has 0 bridgehead atoms. The maximum absolute atomic E-state index is 11.6. The molecule has 112 valence electrons. The standard InChI is InChI=1S/C14H28N2O3/c1-3-18-14(17)12(2)11-16-8-5-13(6-9-16)19-10-4-7-15/h12-13H,3-11,15H2,1-2H3. The van der Waals surface area contributed by atoms with Crippen LogP contribution >= 0.6 is 0 Å². The zero-order valence-corrected chi connectivity index (χ0v) is 12.3. The van der Waals surface area contributed by atoms with Crippen LogP contribution in [0.2, 0.25) is 0 Å². The van der Waals surface area contributed by atoms with Gasteiger partial charge in [-0.1, -0.05) is 6.92 Å². The quantitative estimate of drug-likeness (QED) is 0.528. The molecule has 1 fully saturated rings. The minimum atomic E-state index is -0.0937. The zero-order chi connectivity index (χ0) is 14.1. The third kappa shape index (κ3) is 6.36. The highest BCUT2D eigenvalue weighted by Crippen LogP contribution is 2.15. The van der Waals surface area contributed by atoms with Crippen molar-refractivity contribution in [3.8, 4) is 0 Å². The topological polar surface area (TPSA) is 64.8 Å². The second kappa shape index (κ2) is 9.28. The Bertz CT molecular complexity index is 253. The number of ether oxygens (including phenoxy) is 2. The number of hydrogen-bond acceptors (Lipinski definition) is 5. The van der Waals surface area contributed by atoms with Gasteiger partial charge in [0.05, 0.1) is 18.6 Å². The number of nitrogens with zero attached hydrogens (tertiary/aromatic N) is 1. The first-order valence-electron chi connectivity index (χ1n) is 7.38. The molecular formula is C14H28N2O3. The lowest BCUT2D eigenvalue weighted by atomic mass is 10.1. The van der Waals surface area contributed by atoms with E-state index < -0.39 is 0 Å². The fourth-order valence-electron chi connectivity index (χ4n) is 2.34. The molecule has 5 nitrogen and oxygen atoms in total. The lowest BCUT2D eigenvalue weighted by Gasteiger charge is -2.33. The average molecular weight is 272 g/mol. The predicted molar refractivity (Wildman–Crippen MR) is 74.9 cm³/mol. The first-order chi connectivity index (χ1) is 9.17. The number of nitrogens with two attached hydrogens (primary N) is 1. The zero-order valence-electron chi connectivity index (χ0n) is 12.3. The van der Waals surface area contributed by atoms with Crippen LogP contribution < -0.4 is 5.73 Å². The summed E-state index contributed by atoms with van der Waals surface area (Å²) in [5.74, 6) is -0.140. The monoisotopic (exact) mass is 272 g/mol. The maximum Gasteiger partial charge on any atom is 0.309 e. The largest absolute Gasteiger partial charge is 0.466 e. The van der Waals surface area contributed by atoms with Gasteiger partial charge in [-0.05, 0) is 32.7 Å². The van der Waals surface area contributed by atoms with E-state index in [0.717, 1.165) is 45.5 Å². The van der Waals surface area contributed by atoms with Crippen LogP contribution in [0, 0.1) is 5.92 Å². The van der Waals surface area contributed by atoms with E-state index in [1.165, 1.54) is 0 Å². The summed E-state index contributed by atoms with van der Waals surface area (Å²) in [6.07, 6.45) is 3.38. The van der Waals surface area contributed by atoms with Crippen molar-refractivity contribution < 1.29 is 14.3 Å². The van der Waals surface area contributed by atoms with Crippen molar-refractivity contribution in [3.63, 3.8) is 0 Å². The van der Waals surface area contributed by atoms with Crippen LogP contribution in [0.5, 0.6) is 0 Å². The molecule has 0 radical (unpaired) electrons. The normalized spacial score (nSPS) is 19.3. The minimum absolute atomic E-state index is 0.0466.